The summed E-state index contributed by atoms with van der Waals surface area (Å²) >= 11 is 0. The Balaban J connectivity index is 0.000000305. The predicted octanol–water partition coefficient (Wildman–Crippen LogP) is 4.40. The standard InChI is InChI=1S/C17H19N3O3S.C7H6O/c1-10-8-18-15(11(2)16(10)23-4)9-24(21)17-19-13-6-5-12(22-3)7-14(13)20-17;8-6-7-4-2-1-3-5-7/h5-8H,9H2,1-4H3,(H,19,20);1-6H. The van der Waals surface area contributed by atoms with Gasteiger partial charge in [-0.05, 0) is 26.0 Å². The molecule has 0 bridgehead atoms. The fraction of sp³-hybridized carbons (Fsp3) is 0.208. The number of rotatable bonds is 6. The van der Waals surface area contributed by atoms with Gasteiger partial charge in [-0.15, -0.1) is 0 Å². The summed E-state index contributed by atoms with van der Waals surface area (Å²) in [5.41, 5.74) is 4.89. The van der Waals surface area contributed by atoms with Crippen molar-refractivity contribution >= 4 is 28.1 Å². The Morgan fingerprint density at radius 3 is 2.44 bits per heavy atom. The minimum absolute atomic E-state index is 0.277. The highest BCUT2D eigenvalue weighted by molar-refractivity contribution is 7.84. The van der Waals surface area contributed by atoms with Crippen LogP contribution in [0.15, 0.2) is 59.9 Å². The number of carbonyl (C=O) groups is 1. The van der Waals surface area contributed by atoms with Crippen molar-refractivity contribution in [2.24, 2.45) is 0 Å². The number of fused-ring (bicyclic) bond motifs is 1. The lowest BCUT2D eigenvalue weighted by molar-refractivity contribution is 0.112. The van der Waals surface area contributed by atoms with Crippen molar-refractivity contribution in [3.8, 4) is 11.5 Å². The molecular weight excluding hydrogens is 426 g/mol. The van der Waals surface area contributed by atoms with Gasteiger partial charge in [0, 0.05) is 29.0 Å². The van der Waals surface area contributed by atoms with Crippen molar-refractivity contribution in [2.45, 2.75) is 24.8 Å². The summed E-state index contributed by atoms with van der Waals surface area (Å²) in [4.78, 5) is 21.9. The van der Waals surface area contributed by atoms with Crippen LogP contribution >= 0.6 is 0 Å². The number of imidazole rings is 1. The van der Waals surface area contributed by atoms with Crippen molar-refractivity contribution in [1.29, 1.82) is 0 Å². The topological polar surface area (TPSA) is 94.2 Å². The van der Waals surface area contributed by atoms with Crippen LogP contribution in [-0.4, -0.2) is 39.7 Å². The molecule has 0 saturated carbocycles. The average Bonchev–Trinajstić information content (AvgIpc) is 3.25. The van der Waals surface area contributed by atoms with Crippen LogP contribution in [0.1, 0.15) is 27.2 Å². The summed E-state index contributed by atoms with van der Waals surface area (Å²) < 4.78 is 23.3. The highest BCUT2D eigenvalue weighted by Gasteiger charge is 2.16. The second-order valence-corrected chi connectivity index (χ2v) is 8.36. The van der Waals surface area contributed by atoms with E-state index >= 15 is 0 Å². The van der Waals surface area contributed by atoms with Crippen LogP contribution in [0, 0.1) is 13.8 Å². The number of aryl methyl sites for hydroxylation is 1. The molecule has 1 atom stereocenters. The lowest BCUT2D eigenvalue weighted by Crippen LogP contribution is -2.05. The summed E-state index contributed by atoms with van der Waals surface area (Å²) in [6.07, 6.45) is 2.57. The van der Waals surface area contributed by atoms with E-state index in [1.807, 2.05) is 50.2 Å². The zero-order chi connectivity index (χ0) is 23.1. The summed E-state index contributed by atoms with van der Waals surface area (Å²) in [6.45, 7) is 3.86. The van der Waals surface area contributed by atoms with Crippen LogP contribution < -0.4 is 9.47 Å². The maximum Gasteiger partial charge on any atom is 0.197 e. The molecule has 0 fully saturated rings. The first-order valence-corrected chi connectivity index (χ1v) is 11.2. The first-order valence-electron chi connectivity index (χ1n) is 9.88. The number of pyridine rings is 1. The third kappa shape index (κ3) is 5.39. The highest BCUT2D eigenvalue weighted by atomic mass is 32.2. The minimum atomic E-state index is -1.33. The van der Waals surface area contributed by atoms with Crippen molar-refractivity contribution < 1.29 is 18.5 Å². The number of nitrogens with one attached hydrogen (secondary N) is 1. The molecule has 4 rings (SSSR count). The molecule has 0 spiro atoms. The molecule has 2 heterocycles. The number of aromatic amines is 1. The van der Waals surface area contributed by atoms with Gasteiger partial charge >= 0.3 is 0 Å². The van der Waals surface area contributed by atoms with Gasteiger partial charge in [-0.3, -0.25) is 14.0 Å². The van der Waals surface area contributed by atoms with E-state index in [1.165, 1.54) is 0 Å². The number of benzene rings is 2. The molecule has 166 valence electrons. The number of nitrogens with zero attached hydrogens (tertiary/aromatic N) is 2. The molecule has 8 heteroatoms. The smallest absolute Gasteiger partial charge is 0.197 e. The third-order valence-corrected chi connectivity index (χ3v) is 6.00. The summed E-state index contributed by atoms with van der Waals surface area (Å²) in [7, 11) is 1.91. The van der Waals surface area contributed by atoms with Gasteiger partial charge in [-0.25, -0.2) is 4.98 Å². The van der Waals surface area contributed by atoms with E-state index in [4.69, 9.17) is 9.47 Å². The number of carbonyl (C=O) groups excluding carboxylic acids is 1. The van der Waals surface area contributed by atoms with E-state index < -0.39 is 10.8 Å². The molecule has 4 aromatic rings. The van der Waals surface area contributed by atoms with Crippen LogP contribution in [0.3, 0.4) is 0 Å². The Morgan fingerprint density at radius 1 is 1.06 bits per heavy atom. The molecule has 0 saturated heterocycles. The van der Waals surface area contributed by atoms with Gasteiger partial charge in [0.25, 0.3) is 0 Å². The van der Waals surface area contributed by atoms with Crippen LogP contribution in [0.4, 0.5) is 0 Å². The van der Waals surface area contributed by atoms with Gasteiger partial charge in [0.1, 0.15) is 17.8 Å². The van der Waals surface area contributed by atoms with Gasteiger partial charge < -0.3 is 14.5 Å². The first-order chi connectivity index (χ1) is 15.5. The normalized spacial score (nSPS) is 11.4. The summed E-state index contributed by atoms with van der Waals surface area (Å²) in [5.74, 6) is 1.79. The molecule has 1 N–H and O–H groups in total. The Morgan fingerprint density at radius 2 is 1.81 bits per heavy atom. The highest BCUT2D eigenvalue weighted by Crippen LogP contribution is 2.26. The predicted molar refractivity (Wildman–Crippen MR) is 125 cm³/mol. The molecule has 0 aliphatic carbocycles. The fourth-order valence-electron chi connectivity index (χ4n) is 3.14. The van der Waals surface area contributed by atoms with Crippen LogP contribution in [0.5, 0.6) is 11.5 Å². The Bertz CT molecular complexity index is 1240. The second-order valence-electron chi connectivity index (χ2n) is 6.99. The quantitative estimate of drug-likeness (QED) is 0.437. The number of ether oxygens (including phenoxy) is 2. The molecular formula is C24H25N3O4S. The molecule has 32 heavy (non-hydrogen) atoms. The number of aromatic nitrogens is 3. The van der Waals surface area contributed by atoms with Gasteiger partial charge in [-0.1, -0.05) is 30.3 Å². The SMILES string of the molecule is COc1ccc2nc(S(=O)Cc3ncc(C)c(OC)c3C)[nH]c2c1.O=Cc1ccccc1. The molecule has 0 aliphatic rings. The third-order valence-electron chi connectivity index (χ3n) is 4.84. The molecule has 2 aromatic carbocycles. The number of methoxy groups -OCH3 is 2. The zero-order valence-corrected chi connectivity index (χ0v) is 19.2. The largest absolute Gasteiger partial charge is 0.497 e. The first kappa shape index (κ1) is 23.1. The van der Waals surface area contributed by atoms with Crippen molar-refractivity contribution in [1.82, 2.24) is 15.0 Å². The number of H-pyrrole nitrogens is 1. The van der Waals surface area contributed by atoms with Crippen molar-refractivity contribution in [3.63, 3.8) is 0 Å². The van der Waals surface area contributed by atoms with Crippen LogP contribution in [0.25, 0.3) is 11.0 Å². The molecule has 0 amide bonds. The van der Waals surface area contributed by atoms with E-state index in [9.17, 15) is 9.00 Å². The molecule has 0 radical (unpaired) electrons. The maximum absolute atomic E-state index is 12.7. The Labute approximate surface area is 189 Å². The van der Waals surface area contributed by atoms with Crippen LogP contribution in [-0.2, 0) is 16.6 Å². The van der Waals surface area contributed by atoms with Crippen molar-refractivity contribution in [2.75, 3.05) is 14.2 Å². The summed E-state index contributed by atoms with van der Waals surface area (Å²) in [6, 6.07) is 14.6. The van der Waals surface area contributed by atoms with Gasteiger partial charge in [0.15, 0.2) is 5.16 Å². The van der Waals surface area contributed by atoms with Gasteiger partial charge in [0.2, 0.25) is 0 Å². The molecule has 7 nitrogen and oxygen atoms in total. The number of aldehydes is 1. The molecule has 2 aromatic heterocycles. The zero-order valence-electron chi connectivity index (χ0n) is 18.4. The lowest BCUT2D eigenvalue weighted by atomic mass is 10.1. The summed E-state index contributed by atoms with van der Waals surface area (Å²) in [5, 5.41) is 0.430. The van der Waals surface area contributed by atoms with E-state index in [0.29, 0.717) is 5.16 Å². The number of hydrogen-bond acceptors (Lipinski definition) is 6. The number of hydrogen-bond donors (Lipinski definition) is 1. The van der Waals surface area contributed by atoms with E-state index in [-0.39, 0.29) is 5.75 Å². The second kappa shape index (κ2) is 10.7. The van der Waals surface area contributed by atoms with Gasteiger partial charge in [-0.2, -0.15) is 0 Å². The maximum atomic E-state index is 12.7. The van der Waals surface area contributed by atoms with E-state index in [1.54, 1.807) is 32.5 Å². The Kier molecular flexibility index (Phi) is 7.72. The Hall–Kier alpha value is -3.52. The molecule has 0 aliphatic heterocycles. The molecule has 1 unspecified atom stereocenters. The monoisotopic (exact) mass is 451 g/mol. The van der Waals surface area contributed by atoms with E-state index in [0.717, 1.165) is 51.2 Å². The van der Waals surface area contributed by atoms with Crippen molar-refractivity contribution in [3.05, 3.63) is 77.1 Å². The van der Waals surface area contributed by atoms with Crippen LogP contribution in [0.2, 0.25) is 0 Å². The van der Waals surface area contributed by atoms with E-state index in [2.05, 4.69) is 15.0 Å². The average molecular weight is 452 g/mol. The minimum Gasteiger partial charge on any atom is -0.497 e. The lowest BCUT2D eigenvalue weighted by Gasteiger charge is -2.11. The van der Waals surface area contributed by atoms with Gasteiger partial charge in [0.05, 0.1) is 47.5 Å². The fourth-order valence-corrected chi connectivity index (χ4v) is 4.24.